The topological polar surface area (TPSA) is 85.4 Å². The van der Waals surface area contributed by atoms with Crippen LogP contribution in [0.1, 0.15) is 71.6 Å². The molecule has 0 aromatic carbocycles. The minimum absolute atomic E-state index is 0.00574. The van der Waals surface area contributed by atoms with Crippen LogP contribution in [0.3, 0.4) is 0 Å². The fourth-order valence-electron chi connectivity index (χ4n) is 6.90. The highest BCUT2D eigenvalue weighted by molar-refractivity contribution is 6.07. The van der Waals surface area contributed by atoms with Crippen molar-refractivity contribution in [3.8, 4) is 0 Å². The number of rotatable bonds is 8. The minimum Gasteiger partial charge on any atom is -0.450 e. The summed E-state index contributed by atoms with van der Waals surface area (Å²) in [6.07, 6.45) is 8.35. The van der Waals surface area contributed by atoms with Crippen molar-refractivity contribution in [1.82, 2.24) is 24.9 Å². The smallest absolute Gasteiger partial charge is 0.409 e. The maximum Gasteiger partial charge on any atom is 0.409 e. The number of urea groups is 1. The molecule has 2 unspecified atom stereocenters. The zero-order valence-corrected chi connectivity index (χ0v) is 22.0. The van der Waals surface area contributed by atoms with Gasteiger partial charge in [0.15, 0.2) is 0 Å². The summed E-state index contributed by atoms with van der Waals surface area (Å²) in [6.45, 7) is 9.33. The van der Waals surface area contributed by atoms with Crippen molar-refractivity contribution >= 4 is 18.0 Å². The Bertz CT molecular complexity index is 763. The van der Waals surface area contributed by atoms with Crippen LogP contribution in [-0.2, 0) is 9.53 Å². The summed E-state index contributed by atoms with van der Waals surface area (Å²) < 4.78 is 5.15. The monoisotopic (exact) mass is 491 g/mol. The van der Waals surface area contributed by atoms with Gasteiger partial charge in [0, 0.05) is 31.7 Å². The first-order valence-electron chi connectivity index (χ1n) is 13.9. The van der Waals surface area contributed by atoms with E-state index in [1.54, 1.807) is 0 Å². The Morgan fingerprint density at radius 2 is 1.74 bits per heavy atom. The quantitative estimate of drug-likeness (QED) is 0.526. The number of imide groups is 1. The van der Waals surface area contributed by atoms with Crippen molar-refractivity contribution in [1.29, 1.82) is 0 Å². The maximum atomic E-state index is 13.7. The first-order valence-corrected chi connectivity index (χ1v) is 13.9. The molecule has 4 aliphatic heterocycles. The highest BCUT2D eigenvalue weighted by Gasteiger charge is 2.55. The molecule has 1 N–H and O–H groups in total. The second-order valence-electron chi connectivity index (χ2n) is 10.9. The first-order chi connectivity index (χ1) is 16.9. The molecule has 4 aliphatic rings. The molecule has 0 aromatic heterocycles. The van der Waals surface area contributed by atoms with Gasteiger partial charge in [0.05, 0.1) is 6.61 Å². The zero-order chi connectivity index (χ0) is 25.0. The van der Waals surface area contributed by atoms with Crippen molar-refractivity contribution in [2.45, 2.75) is 89.3 Å². The number of carbonyl (C=O) groups excluding carboxylic acids is 3. The number of carbonyl (C=O) groups is 3. The van der Waals surface area contributed by atoms with Gasteiger partial charge in [0.25, 0.3) is 5.91 Å². The standard InChI is InChI=1S/C26H45N5O4/c1-4-13-26(23(32)31(24(33)27-26)19-12-21-7-6-14-28(21)3)20-8-15-29(16-9-20)22-10-17-30(18-11-22)25(34)35-5-2/h20-22H,4-19H2,1-3H3,(H,27,33). The Kier molecular flexibility index (Phi) is 8.58. The van der Waals surface area contributed by atoms with Crippen LogP contribution >= 0.6 is 0 Å². The summed E-state index contributed by atoms with van der Waals surface area (Å²) in [5.41, 5.74) is -0.743. The van der Waals surface area contributed by atoms with Gasteiger partial charge in [0.1, 0.15) is 5.54 Å². The van der Waals surface area contributed by atoms with Gasteiger partial charge in [-0.3, -0.25) is 9.69 Å². The van der Waals surface area contributed by atoms with Crippen molar-refractivity contribution < 1.29 is 19.1 Å². The van der Waals surface area contributed by atoms with Gasteiger partial charge < -0.3 is 24.8 Å². The lowest BCUT2D eigenvalue weighted by atomic mass is 9.74. The molecule has 35 heavy (non-hydrogen) atoms. The zero-order valence-electron chi connectivity index (χ0n) is 22.0. The van der Waals surface area contributed by atoms with Crippen molar-refractivity contribution in [3.05, 3.63) is 0 Å². The van der Waals surface area contributed by atoms with Gasteiger partial charge >= 0.3 is 12.1 Å². The fourth-order valence-corrected chi connectivity index (χ4v) is 6.90. The number of hydrogen-bond acceptors (Lipinski definition) is 6. The van der Waals surface area contributed by atoms with E-state index in [2.05, 4.69) is 29.1 Å². The molecule has 0 aromatic rings. The number of likely N-dealkylation sites (tertiary alicyclic amines) is 3. The van der Waals surface area contributed by atoms with E-state index >= 15 is 0 Å². The lowest BCUT2D eigenvalue weighted by molar-refractivity contribution is -0.134. The highest BCUT2D eigenvalue weighted by atomic mass is 16.6. The van der Waals surface area contributed by atoms with Crippen LogP contribution in [0.5, 0.6) is 0 Å². The molecule has 0 saturated carbocycles. The summed E-state index contributed by atoms with van der Waals surface area (Å²) in [5, 5.41) is 3.20. The molecular weight excluding hydrogens is 446 g/mol. The molecule has 0 spiro atoms. The third kappa shape index (κ3) is 5.45. The summed E-state index contributed by atoms with van der Waals surface area (Å²) in [4.78, 5) is 46.9. The molecular formula is C26H45N5O4. The largest absolute Gasteiger partial charge is 0.450 e. The van der Waals surface area contributed by atoms with Crippen LogP contribution in [0.4, 0.5) is 9.59 Å². The Balaban J connectivity index is 1.32. The molecule has 9 heteroatoms. The second kappa shape index (κ2) is 11.5. The number of hydrogen-bond donors (Lipinski definition) is 1. The van der Waals surface area contributed by atoms with E-state index in [4.69, 9.17) is 4.74 Å². The van der Waals surface area contributed by atoms with Crippen LogP contribution in [0.2, 0.25) is 0 Å². The Morgan fingerprint density at radius 3 is 2.34 bits per heavy atom. The number of amides is 4. The average Bonchev–Trinajstić information content (AvgIpc) is 3.38. The number of piperidine rings is 2. The minimum atomic E-state index is -0.743. The van der Waals surface area contributed by atoms with E-state index in [1.807, 2.05) is 11.8 Å². The van der Waals surface area contributed by atoms with Gasteiger partial charge in [-0.05, 0) is 90.9 Å². The molecule has 0 bridgehead atoms. The lowest BCUT2D eigenvalue weighted by Crippen LogP contribution is -2.57. The van der Waals surface area contributed by atoms with Gasteiger partial charge in [-0.15, -0.1) is 0 Å². The molecule has 4 heterocycles. The van der Waals surface area contributed by atoms with Gasteiger partial charge in [0.2, 0.25) is 0 Å². The Hall–Kier alpha value is -1.87. The molecule has 0 radical (unpaired) electrons. The molecule has 4 rings (SSSR count). The van der Waals surface area contributed by atoms with Gasteiger partial charge in [-0.2, -0.15) is 0 Å². The molecule has 198 valence electrons. The third-order valence-electron chi connectivity index (χ3n) is 8.94. The number of nitrogens with one attached hydrogen (secondary N) is 1. The van der Waals surface area contributed by atoms with Crippen molar-refractivity contribution in [2.24, 2.45) is 5.92 Å². The highest BCUT2D eigenvalue weighted by Crippen LogP contribution is 2.38. The summed E-state index contributed by atoms with van der Waals surface area (Å²) in [5.74, 6) is 0.181. The van der Waals surface area contributed by atoms with Crippen LogP contribution in [0.25, 0.3) is 0 Å². The lowest BCUT2D eigenvalue weighted by Gasteiger charge is -2.45. The van der Waals surface area contributed by atoms with Crippen LogP contribution < -0.4 is 5.32 Å². The SMILES string of the molecule is CCCC1(C2CCN(C3CCN(C(=O)OCC)CC3)CC2)NC(=O)N(CCC2CCCN2C)C1=O. The summed E-state index contributed by atoms with van der Waals surface area (Å²) in [7, 11) is 2.14. The predicted octanol–water partition coefficient (Wildman–Crippen LogP) is 2.89. The molecule has 4 fully saturated rings. The van der Waals surface area contributed by atoms with E-state index in [1.165, 1.54) is 11.3 Å². The molecule has 2 atom stereocenters. The predicted molar refractivity (Wildman–Crippen MR) is 134 cm³/mol. The van der Waals surface area contributed by atoms with Crippen molar-refractivity contribution in [2.75, 3.05) is 52.9 Å². The molecule has 9 nitrogen and oxygen atoms in total. The fraction of sp³-hybridized carbons (Fsp3) is 0.885. The van der Waals surface area contributed by atoms with Crippen molar-refractivity contribution in [3.63, 3.8) is 0 Å². The molecule has 4 amide bonds. The summed E-state index contributed by atoms with van der Waals surface area (Å²) >= 11 is 0. The van der Waals surface area contributed by atoms with E-state index < -0.39 is 5.54 Å². The van der Waals surface area contributed by atoms with Gasteiger partial charge in [-0.1, -0.05) is 13.3 Å². The van der Waals surface area contributed by atoms with E-state index in [0.717, 1.165) is 77.7 Å². The normalized spacial score (nSPS) is 29.7. The number of ether oxygens (including phenoxy) is 1. The second-order valence-corrected chi connectivity index (χ2v) is 10.9. The van der Waals surface area contributed by atoms with Crippen LogP contribution in [0, 0.1) is 5.92 Å². The van der Waals surface area contributed by atoms with E-state index in [0.29, 0.717) is 31.7 Å². The Morgan fingerprint density at radius 1 is 1.03 bits per heavy atom. The van der Waals surface area contributed by atoms with E-state index in [-0.39, 0.29) is 23.9 Å². The summed E-state index contributed by atoms with van der Waals surface area (Å²) in [6, 6.07) is 0.741. The molecule has 4 saturated heterocycles. The third-order valence-corrected chi connectivity index (χ3v) is 8.94. The number of nitrogens with zero attached hydrogens (tertiary/aromatic N) is 4. The first kappa shape index (κ1) is 26.2. The van der Waals surface area contributed by atoms with Crippen LogP contribution in [0.15, 0.2) is 0 Å². The van der Waals surface area contributed by atoms with Crippen LogP contribution in [-0.4, -0.2) is 108 Å². The van der Waals surface area contributed by atoms with E-state index in [9.17, 15) is 14.4 Å². The van der Waals surface area contributed by atoms with Gasteiger partial charge in [-0.25, -0.2) is 9.59 Å². The molecule has 0 aliphatic carbocycles. The average molecular weight is 492 g/mol. The Labute approximate surface area is 210 Å². The maximum absolute atomic E-state index is 13.7.